The van der Waals surface area contributed by atoms with E-state index in [2.05, 4.69) is 54.4 Å². The molecule has 0 radical (unpaired) electrons. The molecule has 0 fully saturated rings. The maximum absolute atomic E-state index is 5.32. The van der Waals surface area contributed by atoms with Crippen LogP contribution in [0.5, 0.6) is 0 Å². The number of hydrogen-bond acceptors (Lipinski definition) is 4. The van der Waals surface area contributed by atoms with Crippen LogP contribution in [0, 0.1) is 0 Å². The van der Waals surface area contributed by atoms with Crippen LogP contribution >= 0.6 is 0 Å². The Kier molecular flexibility index (Phi) is 5.53. The maximum atomic E-state index is 5.32. The summed E-state index contributed by atoms with van der Waals surface area (Å²) in [5.41, 5.74) is 1.06. The van der Waals surface area contributed by atoms with Gasteiger partial charge in [-0.25, -0.2) is 4.98 Å². The molecule has 0 aliphatic heterocycles. The fourth-order valence-electron chi connectivity index (χ4n) is 2.73. The Morgan fingerprint density at radius 3 is 2.76 bits per heavy atom. The Morgan fingerprint density at radius 1 is 1.33 bits per heavy atom. The fourth-order valence-corrected chi connectivity index (χ4v) is 2.73. The Labute approximate surface area is 127 Å². The van der Waals surface area contributed by atoms with E-state index in [0.29, 0.717) is 12.6 Å². The van der Waals surface area contributed by atoms with Crippen molar-refractivity contribution in [2.24, 2.45) is 0 Å². The van der Waals surface area contributed by atoms with E-state index in [1.54, 1.807) is 7.11 Å². The molecule has 1 N–H and O–H groups in total. The molecular formula is C17H25N3O. The summed E-state index contributed by atoms with van der Waals surface area (Å²) < 4.78 is 5.32. The normalized spacial score (nSPS) is 12.6. The van der Waals surface area contributed by atoms with Gasteiger partial charge in [0.05, 0.1) is 18.3 Å². The molecule has 2 rings (SSSR count). The topological polar surface area (TPSA) is 37.4 Å². The molecule has 114 valence electrons. The summed E-state index contributed by atoms with van der Waals surface area (Å²) in [4.78, 5) is 7.18. The Balaban J connectivity index is 2.53. The molecule has 1 unspecified atom stereocenters. The van der Waals surface area contributed by atoms with Crippen LogP contribution in [0.4, 0.5) is 5.82 Å². The van der Waals surface area contributed by atoms with Gasteiger partial charge in [0.25, 0.3) is 0 Å². The van der Waals surface area contributed by atoms with Crippen LogP contribution in [0.3, 0.4) is 0 Å². The molecule has 1 atom stereocenters. The number of nitrogens with one attached hydrogen (secondary N) is 1. The van der Waals surface area contributed by atoms with Crippen LogP contribution in [0.1, 0.15) is 19.5 Å². The second-order valence-corrected chi connectivity index (χ2v) is 5.28. The van der Waals surface area contributed by atoms with E-state index >= 15 is 0 Å². The fraction of sp³-hybridized carbons (Fsp3) is 0.471. The zero-order valence-corrected chi connectivity index (χ0v) is 13.4. The van der Waals surface area contributed by atoms with Crippen molar-refractivity contribution in [2.45, 2.75) is 26.4 Å². The average Bonchev–Trinajstić information content (AvgIpc) is 2.48. The molecule has 2 aromatic rings. The molecule has 0 saturated carbocycles. The summed E-state index contributed by atoms with van der Waals surface area (Å²) in [5.74, 6) is 1.05. The molecule has 4 nitrogen and oxygen atoms in total. The van der Waals surface area contributed by atoms with E-state index in [1.165, 1.54) is 10.8 Å². The molecule has 0 aliphatic rings. The first-order chi connectivity index (χ1) is 10.2. The third-order valence-corrected chi connectivity index (χ3v) is 3.68. The predicted octanol–water partition coefficient (Wildman–Crippen LogP) is 2.82. The van der Waals surface area contributed by atoms with Gasteiger partial charge in [-0.1, -0.05) is 24.3 Å². The molecule has 0 aliphatic carbocycles. The second-order valence-electron chi connectivity index (χ2n) is 5.28. The van der Waals surface area contributed by atoms with Gasteiger partial charge in [0.2, 0.25) is 0 Å². The van der Waals surface area contributed by atoms with Crippen molar-refractivity contribution >= 4 is 16.6 Å². The second kappa shape index (κ2) is 7.38. The molecule has 21 heavy (non-hydrogen) atoms. The standard InChI is InChI=1S/C17H25N3O/c1-5-20(13(2)12-21-4)17-16-9-7-6-8-14(16)10-15(19-17)11-18-3/h6-10,13,18H,5,11-12H2,1-4H3. The van der Waals surface area contributed by atoms with Crippen LogP contribution in [-0.4, -0.2) is 38.3 Å². The van der Waals surface area contributed by atoms with E-state index in [-0.39, 0.29) is 0 Å². The van der Waals surface area contributed by atoms with Crippen molar-refractivity contribution in [1.29, 1.82) is 0 Å². The van der Waals surface area contributed by atoms with Crippen LogP contribution in [0.15, 0.2) is 30.3 Å². The lowest BCUT2D eigenvalue weighted by Gasteiger charge is -2.30. The number of benzene rings is 1. The third-order valence-electron chi connectivity index (χ3n) is 3.68. The lowest BCUT2D eigenvalue weighted by Crippen LogP contribution is -2.37. The third kappa shape index (κ3) is 3.52. The first kappa shape index (κ1) is 15.7. The van der Waals surface area contributed by atoms with Crippen LogP contribution in [0.25, 0.3) is 10.8 Å². The van der Waals surface area contributed by atoms with Gasteiger partial charge in [0.15, 0.2) is 0 Å². The molecule has 1 aromatic carbocycles. The van der Waals surface area contributed by atoms with Gasteiger partial charge in [-0.05, 0) is 32.3 Å². The van der Waals surface area contributed by atoms with E-state index in [1.807, 2.05) is 7.05 Å². The predicted molar refractivity (Wildman–Crippen MR) is 88.9 cm³/mol. The molecule has 4 heteroatoms. The number of hydrogen-bond donors (Lipinski definition) is 1. The van der Waals surface area contributed by atoms with E-state index in [9.17, 15) is 0 Å². The number of nitrogens with zero attached hydrogens (tertiary/aromatic N) is 2. The summed E-state index contributed by atoms with van der Waals surface area (Å²) in [7, 11) is 3.69. The average molecular weight is 287 g/mol. The Morgan fingerprint density at radius 2 is 2.10 bits per heavy atom. The number of pyridine rings is 1. The molecule has 0 amide bonds. The van der Waals surface area contributed by atoms with Gasteiger partial charge in [-0.15, -0.1) is 0 Å². The van der Waals surface area contributed by atoms with Gasteiger partial charge >= 0.3 is 0 Å². The monoisotopic (exact) mass is 287 g/mol. The molecule has 0 spiro atoms. The summed E-state index contributed by atoms with van der Waals surface area (Å²) in [5, 5.41) is 5.61. The number of ether oxygens (including phenoxy) is 1. The largest absolute Gasteiger partial charge is 0.383 e. The van der Waals surface area contributed by atoms with Crippen molar-refractivity contribution in [3.8, 4) is 0 Å². The van der Waals surface area contributed by atoms with Crippen LogP contribution in [0.2, 0.25) is 0 Å². The number of likely N-dealkylation sites (N-methyl/N-ethyl adjacent to an activating group) is 1. The molecular weight excluding hydrogens is 262 g/mol. The lowest BCUT2D eigenvalue weighted by atomic mass is 10.1. The van der Waals surface area contributed by atoms with Crippen molar-refractivity contribution in [3.05, 3.63) is 36.0 Å². The highest BCUT2D eigenvalue weighted by atomic mass is 16.5. The van der Waals surface area contributed by atoms with Crippen molar-refractivity contribution in [3.63, 3.8) is 0 Å². The summed E-state index contributed by atoms with van der Waals surface area (Å²) in [6.07, 6.45) is 0. The minimum atomic E-state index is 0.292. The van der Waals surface area contributed by atoms with Gasteiger partial charge < -0.3 is 15.0 Å². The molecule has 0 saturated heterocycles. The van der Waals surface area contributed by atoms with Gasteiger partial charge in [-0.2, -0.15) is 0 Å². The molecule has 1 heterocycles. The minimum Gasteiger partial charge on any atom is -0.383 e. The van der Waals surface area contributed by atoms with Crippen molar-refractivity contribution in [1.82, 2.24) is 10.3 Å². The van der Waals surface area contributed by atoms with Gasteiger partial charge in [0.1, 0.15) is 5.82 Å². The Hall–Kier alpha value is -1.65. The van der Waals surface area contributed by atoms with Gasteiger partial charge in [-0.3, -0.25) is 0 Å². The minimum absolute atomic E-state index is 0.292. The highest BCUT2D eigenvalue weighted by molar-refractivity contribution is 5.92. The maximum Gasteiger partial charge on any atom is 0.137 e. The highest BCUT2D eigenvalue weighted by Crippen LogP contribution is 2.27. The van der Waals surface area contributed by atoms with E-state index < -0.39 is 0 Å². The molecule has 0 bridgehead atoms. The highest BCUT2D eigenvalue weighted by Gasteiger charge is 2.17. The van der Waals surface area contributed by atoms with Crippen LogP contribution in [-0.2, 0) is 11.3 Å². The number of anilines is 1. The number of methoxy groups -OCH3 is 1. The van der Waals surface area contributed by atoms with E-state index in [4.69, 9.17) is 9.72 Å². The van der Waals surface area contributed by atoms with E-state index in [0.717, 1.165) is 24.6 Å². The Bertz CT molecular complexity index is 585. The smallest absolute Gasteiger partial charge is 0.137 e. The lowest BCUT2D eigenvalue weighted by molar-refractivity contribution is 0.182. The first-order valence-corrected chi connectivity index (χ1v) is 7.50. The zero-order chi connectivity index (χ0) is 15.2. The number of aromatic nitrogens is 1. The summed E-state index contributed by atoms with van der Waals surface area (Å²) in [6.45, 7) is 6.71. The number of fused-ring (bicyclic) bond motifs is 1. The van der Waals surface area contributed by atoms with Crippen molar-refractivity contribution < 1.29 is 4.74 Å². The number of rotatable bonds is 7. The molecule has 1 aromatic heterocycles. The SMILES string of the molecule is CCN(c1nc(CNC)cc2ccccc12)C(C)COC. The van der Waals surface area contributed by atoms with Crippen LogP contribution < -0.4 is 10.2 Å². The first-order valence-electron chi connectivity index (χ1n) is 7.50. The zero-order valence-electron chi connectivity index (χ0n) is 13.4. The summed E-state index contributed by atoms with van der Waals surface area (Å²) >= 11 is 0. The van der Waals surface area contributed by atoms with Crippen molar-refractivity contribution in [2.75, 3.05) is 32.2 Å². The van der Waals surface area contributed by atoms with Gasteiger partial charge in [0, 0.05) is 25.6 Å². The summed E-state index contributed by atoms with van der Waals surface area (Å²) in [6, 6.07) is 10.9. The quantitative estimate of drug-likeness (QED) is 0.849.